The Morgan fingerprint density at radius 3 is 2.74 bits per heavy atom. The van der Waals surface area contributed by atoms with Gasteiger partial charge in [0.1, 0.15) is 12.4 Å². The van der Waals surface area contributed by atoms with E-state index in [1.54, 1.807) is 6.20 Å². The van der Waals surface area contributed by atoms with Crippen molar-refractivity contribution >= 4 is 5.97 Å². The maximum absolute atomic E-state index is 10.9. The average molecular weight is 369 g/mol. The predicted molar refractivity (Wildman–Crippen MR) is 104 cm³/mol. The first-order chi connectivity index (χ1) is 13.2. The molecular weight excluding hydrogens is 342 g/mol. The van der Waals surface area contributed by atoms with Crippen LogP contribution in [0.5, 0.6) is 5.75 Å². The van der Waals surface area contributed by atoms with Crippen molar-refractivity contribution in [3.8, 4) is 5.75 Å². The quantitative estimate of drug-likeness (QED) is 0.671. The Balaban J connectivity index is 1.47. The number of hydrogen-bond donors (Lipinski definition) is 2. The molecule has 2 N–H and O–H groups in total. The fraction of sp³-hybridized carbons (Fsp3) is 0.429. The molecular formula is C21H27N3O3. The van der Waals surface area contributed by atoms with Crippen LogP contribution in [-0.2, 0) is 17.9 Å². The highest BCUT2D eigenvalue weighted by molar-refractivity contribution is 5.69. The van der Waals surface area contributed by atoms with E-state index in [9.17, 15) is 4.79 Å². The lowest BCUT2D eigenvalue weighted by atomic mass is 9.85. The third-order valence-corrected chi connectivity index (χ3v) is 5.03. The second-order valence-electron chi connectivity index (χ2n) is 6.88. The van der Waals surface area contributed by atoms with E-state index in [1.807, 2.05) is 48.2 Å². The highest BCUT2D eigenvalue weighted by atomic mass is 16.5. The summed E-state index contributed by atoms with van der Waals surface area (Å²) in [4.78, 5) is 17.2. The number of hydrogen-bond acceptors (Lipinski definition) is 5. The summed E-state index contributed by atoms with van der Waals surface area (Å²) in [5.41, 5.74) is 2.02. The first kappa shape index (κ1) is 19.3. The molecule has 1 saturated carbocycles. The second kappa shape index (κ2) is 9.48. The van der Waals surface area contributed by atoms with E-state index in [-0.39, 0.29) is 6.54 Å². The number of rotatable bonds is 10. The highest BCUT2D eigenvalue weighted by Crippen LogP contribution is 2.27. The van der Waals surface area contributed by atoms with Crippen LogP contribution >= 0.6 is 0 Å². The molecule has 1 aliphatic carbocycles. The smallest absolute Gasteiger partial charge is 0.317 e. The average Bonchev–Trinajstić information content (AvgIpc) is 2.65. The number of carboxylic acid groups (broad SMARTS) is 1. The van der Waals surface area contributed by atoms with Gasteiger partial charge in [-0.05, 0) is 37.6 Å². The molecule has 3 rings (SSSR count). The Kier molecular flexibility index (Phi) is 6.79. The Hall–Kier alpha value is -2.44. The van der Waals surface area contributed by atoms with Gasteiger partial charge >= 0.3 is 5.97 Å². The van der Waals surface area contributed by atoms with Crippen molar-refractivity contribution < 1.29 is 14.6 Å². The fourth-order valence-electron chi connectivity index (χ4n) is 3.41. The molecule has 0 saturated heterocycles. The van der Waals surface area contributed by atoms with Gasteiger partial charge in [0, 0.05) is 30.4 Å². The molecule has 0 amide bonds. The predicted octanol–water partition coefficient (Wildman–Crippen LogP) is 2.69. The van der Waals surface area contributed by atoms with E-state index in [1.165, 1.54) is 0 Å². The molecule has 0 atom stereocenters. The monoisotopic (exact) mass is 369 g/mol. The third kappa shape index (κ3) is 5.52. The van der Waals surface area contributed by atoms with Gasteiger partial charge in [-0.2, -0.15) is 0 Å². The van der Waals surface area contributed by atoms with E-state index in [0.717, 1.165) is 42.9 Å². The largest absolute Gasteiger partial charge is 0.487 e. The van der Waals surface area contributed by atoms with Crippen molar-refractivity contribution in [2.24, 2.45) is 0 Å². The molecule has 2 aromatic rings. The molecule has 0 aliphatic heterocycles. The number of ether oxygens (including phenoxy) is 1. The first-order valence-electron chi connectivity index (χ1n) is 9.45. The summed E-state index contributed by atoms with van der Waals surface area (Å²) in [6.07, 6.45) is 3.74. The molecule has 6 nitrogen and oxygen atoms in total. The standard InChI is InChI=1S/C21H27N3O3/c1-2-24(14-21(25)26)19-11-18(12-19)23-13-16-7-3-4-9-20(16)27-15-17-8-5-6-10-22-17/h3-10,18-19,23H,2,11-15H2,1H3,(H,25,26). The summed E-state index contributed by atoms with van der Waals surface area (Å²) in [6, 6.07) is 14.6. The third-order valence-electron chi connectivity index (χ3n) is 5.03. The SMILES string of the molecule is CCN(CC(=O)O)C1CC(NCc2ccccc2OCc2ccccn2)C1. The van der Waals surface area contributed by atoms with Crippen LogP contribution < -0.4 is 10.1 Å². The molecule has 1 aromatic heterocycles. The summed E-state index contributed by atoms with van der Waals surface area (Å²) in [7, 11) is 0. The zero-order chi connectivity index (χ0) is 19.1. The normalized spacial score (nSPS) is 18.9. The van der Waals surface area contributed by atoms with Gasteiger partial charge in [0.05, 0.1) is 12.2 Å². The summed E-state index contributed by atoms with van der Waals surface area (Å²) >= 11 is 0. The maximum Gasteiger partial charge on any atom is 0.317 e. The van der Waals surface area contributed by atoms with Crippen LogP contribution in [0.2, 0.25) is 0 Å². The van der Waals surface area contributed by atoms with Crippen LogP contribution in [0.3, 0.4) is 0 Å². The van der Waals surface area contributed by atoms with Crippen LogP contribution in [-0.4, -0.2) is 46.1 Å². The molecule has 1 fully saturated rings. The number of carbonyl (C=O) groups is 1. The van der Waals surface area contributed by atoms with Gasteiger partial charge in [0.2, 0.25) is 0 Å². The Labute approximate surface area is 160 Å². The molecule has 6 heteroatoms. The van der Waals surface area contributed by atoms with Crippen molar-refractivity contribution in [2.45, 2.75) is 45.0 Å². The summed E-state index contributed by atoms with van der Waals surface area (Å²) in [5.74, 6) is 0.111. The van der Waals surface area contributed by atoms with E-state index < -0.39 is 5.97 Å². The first-order valence-corrected chi connectivity index (χ1v) is 9.45. The molecule has 0 unspecified atom stereocenters. The number of benzene rings is 1. The molecule has 1 aromatic carbocycles. The van der Waals surface area contributed by atoms with Gasteiger partial charge in [-0.3, -0.25) is 14.7 Å². The minimum absolute atomic E-state index is 0.123. The van der Waals surface area contributed by atoms with Crippen molar-refractivity contribution in [1.82, 2.24) is 15.2 Å². The molecule has 27 heavy (non-hydrogen) atoms. The van der Waals surface area contributed by atoms with Crippen molar-refractivity contribution in [2.75, 3.05) is 13.1 Å². The van der Waals surface area contributed by atoms with Gasteiger partial charge < -0.3 is 15.2 Å². The number of nitrogens with zero attached hydrogens (tertiary/aromatic N) is 2. The van der Waals surface area contributed by atoms with Crippen LogP contribution in [0.15, 0.2) is 48.7 Å². The van der Waals surface area contributed by atoms with Crippen molar-refractivity contribution in [3.05, 3.63) is 59.9 Å². The van der Waals surface area contributed by atoms with E-state index in [2.05, 4.69) is 16.4 Å². The van der Waals surface area contributed by atoms with Crippen LogP contribution in [0.25, 0.3) is 0 Å². The Morgan fingerprint density at radius 1 is 1.26 bits per heavy atom. The van der Waals surface area contributed by atoms with Gasteiger partial charge in [-0.25, -0.2) is 0 Å². The van der Waals surface area contributed by atoms with E-state index in [4.69, 9.17) is 9.84 Å². The molecule has 1 heterocycles. The maximum atomic E-state index is 10.9. The van der Waals surface area contributed by atoms with Gasteiger partial charge in [0.15, 0.2) is 0 Å². The van der Waals surface area contributed by atoms with Gasteiger partial charge in [-0.15, -0.1) is 0 Å². The zero-order valence-corrected chi connectivity index (χ0v) is 15.7. The van der Waals surface area contributed by atoms with Crippen LogP contribution in [0.4, 0.5) is 0 Å². The number of carboxylic acids is 1. The van der Waals surface area contributed by atoms with Crippen LogP contribution in [0.1, 0.15) is 31.0 Å². The molecule has 0 spiro atoms. The second-order valence-corrected chi connectivity index (χ2v) is 6.88. The summed E-state index contributed by atoms with van der Waals surface area (Å²) < 4.78 is 5.95. The lowest BCUT2D eigenvalue weighted by Gasteiger charge is -2.42. The van der Waals surface area contributed by atoms with Crippen LogP contribution in [0, 0.1) is 0 Å². The summed E-state index contributed by atoms with van der Waals surface area (Å²) in [6.45, 7) is 4.09. The molecule has 0 radical (unpaired) electrons. The number of likely N-dealkylation sites (N-methyl/N-ethyl adjacent to an activating group) is 1. The minimum atomic E-state index is -0.757. The summed E-state index contributed by atoms with van der Waals surface area (Å²) in [5, 5.41) is 12.6. The number of aromatic nitrogens is 1. The van der Waals surface area contributed by atoms with Gasteiger partial charge in [0.25, 0.3) is 0 Å². The molecule has 1 aliphatic rings. The Morgan fingerprint density at radius 2 is 2.04 bits per heavy atom. The minimum Gasteiger partial charge on any atom is -0.487 e. The number of nitrogens with one attached hydrogen (secondary N) is 1. The van der Waals surface area contributed by atoms with Gasteiger partial charge in [-0.1, -0.05) is 31.2 Å². The number of pyridine rings is 1. The lowest BCUT2D eigenvalue weighted by molar-refractivity contribution is -0.139. The van der Waals surface area contributed by atoms with E-state index in [0.29, 0.717) is 18.7 Å². The lowest BCUT2D eigenvalue weighted by Crippen LogP contribution is -2.53. The fourth-order valence-corrected chi connectivity index (χ4v) is 3.41. The number of para-hydroxylation sites is 1. The van der Waals surface area contributed by atoms with Crippen molar-refractivity contribution in [1.29, 1.82) is 0 Å². The van der Waals surface area contributed by atoms with Crippen molar-refractivity contribution in [3.63, 3.8) is 0 Å². The molecule has 0 bridgehead atoms. The zero-order valence-electron chi connectivity index (χ0n) is 15.7. The number of aliphatic carboxylic acids is 1. The Bertz CT molecular complexity index is 732. The molecule has 144 valence electrons. The van der Waals surface area contributed by atoms with E-state index >= 15 is 0 Å². The topological polar surface area (TPSA) is 74.7 Å². The highest BCUT2D eigenvalue weighted by Gasteiger charge is 2.33.